The minimum absolute atomic E-state index is 0.0920. The number of rotatable bonds is 3. The van der Waals surface area contributed by atoms with Crippen LogP contribution in [0.15, 0.2) is 22.7 Å². The third kappa shape index (κ3) is 3.17. The van der Waals surface area contributed by atoms with Crippen LogP contribution >= 0.6 is 15.9 Å². The largest absolute Gasteiger partial charge is 0.381 e. The molecule has 0 aliphatic carbocycles. The highest BCUT2D eigenvalue weighted by molar-refractivity contribution is 9.10. The molecule has 92 valence electrons. The predicted molar refractivity (Wildman–Crippen MR) is 68.3 cm³/mol. The lowest BCUT2D eigenvalue weighted by Crippen LogP contribution is -2.27. The monoisotopic (exact) mass is 300 g/mol. The summed E-state index contributed by atoms with van der Waals surface area (Å²) in [6, 6.07) is 5.13. The van der Waals surface area contributed by atoms with Gasteiger partial charge in [-0.2, -0.15) is 0 Å². The topological polar surface area (TPSA) is 64.4 Å². The molecule has 0 atom stereocenters. The zero-order chi connectivity index (χ0) is 12.3. The Balaban J connectivity index is 2.08. The van der Waals surface area contributed by atoms with Gasteiger partial charge in [0.15, 0.2) is 0 Å². The molecule has 1 aliphatic rings. The van der Waals surface area contributed by atoms with Crippen LogP contribution in [0.2, 0.25) is 0 Å². The van der Waals surface area contributed by atoms with Crippen molar-refractivity contribution >= 4 is 27.3 Å². The van der Waals surface area contributed by atoms with Crippen LogP contribution in [-0.2, 0) is 4.74 Å². The van der Waals surface area contributed by atoms with Crippen LogP contribution in [0.3, 0.4) is 0 Å². The molecule has 0 saturated carbocycles. The van der Waals surface area contributed by atoms with Crippen molar-refractivity contribution in [3.8, 4) is 0 Å². The molecule has 1 heterocycles. The summed E-state index contributed by atoms with van der Waals surface area (Å²) in [5.41, 5.74) is 0.983. The van der Waals surface area contributed by atoms with E-state index < -0.39 is 4.92 Å². The molecule has 1 fully saturated rings. The fourth-order valence-corrected chi connectivity index (χ4v) is 2.28. The van der Waals surface area contributed by atoms with E-state index in [1.54, 1.807) is 6.07 Å². The second kappa shape index (κ2) is 5.46. The number of nitro groups is 1. The fraction of sp³-hybridized carbons (Fsp3) is 0.455. The first-order chi connectivity index (χ1) is 8.16. The van der Waals surface area contributed by atoms with Crippen molar-refractivity contribution in [3.63, 3.8) is 0 Å². The van der Waals surface area contributed by atoms with E-state index in [1.165, 1.54) is 12.1 Å². The van der Waals surface area contributed by atoms with Gasteiger partial charge < -0.3 is 10.1 Å². The Kier molecular flexibility index (Phi) is 3.96. The highest BCUT2D eigenvalue weighted by Gasteiger charge is 2.15. The summed E-state index contributed by atoms with van der Waals surface area (Å²) in [5.74, 6) is 0. The highest BCUT2D eigenvalue weighted by atomic mass is 79.9. The maximum absolute atomic E-state index is 10.6. The molecular weight excluding hydrogens is 288 g/mol. The molecule has 5 nitrogen and oxygen atoms in total. The number of anilines is 1. The zero-order valence-electron chi connectivity index (χ0n) is 9.19. The molecule has 1 aromatic carbocycles. The molecule has 1 aromatic rings. The number of benzene rings is 1. The van der Waals surface area contributed by atoms with Crippen molar-refractivity contribution < 1.29 is 9.66 Å². The van der Waals surface area contributed by atoms with Gasteiger partial charge in [0, 0.05) is 41.5 Å². The molecule has 0 aromatic heterocycles. The van der Waals surface area contributed by atoms with Gasteiger partial charge in [0.1, 0.15) is 0 Å². The van der Waals surface area contributed by atoms with Crippen LogP contribution in [0.25, 0.3) is 0 Å². The van der Waals surface area contributed by atoms with Gasteiger partial charge in [-0.3, -0.25) is 10.1 Å². The van der Waals surface area contributed by atoms with Crippen LogP contribution in [0.1, 0.15) is 12.8 Å². The van der Waals surface area contributed by atoms with E-state index in [0.29, 0.717) is 6.04 Å². The Morgan fingerprint density at radius 1 is 1.41 bits per heavy atom. The quantitative estimate of drug-likeness (QED) is 0.688. The first-order valence-corrected chi connectivity index (χ1v) is 6.24. The van der Waals surface area contributed by atoms with Gasteiger partial charge in [-0.25, -0.2) is 0 Å². The molecule has 17 heavy (non-hydrogen) atoms. The molecule has 1 N–H and O–H groups in total. The van der Waals surface area contributed by atoms with Crippen LogP contribution in [0.4, 0.5) is 11.4 Å². The predicted octanol–water partition coefficient (Wildman–Crippen LogP) is 2.95. The summed E-state index contributed by atoms with van der Waals surface area (Å²) in [7, 11) is 0. The third-order valence-electron chi connectivity index (χ3n) is 2.74. The Morgan fingerprint density at radius 2 is 2.12 bits per heavy atom. The Hall–Kier alpha value is -1.14. The summed E-state index contributed by atoms with van der Waals surface area (Å²) >= 11 is 3.34. The van der Waals surface area contributed by atoms with Crippen LogP contribution < -0.4 is 5.32 Å². The normalized spacial score (nSPS) is 16.8. The summed E-state index contributed by atoms with van der Waals surface area (Å²) in [6.07, 6.45) is 1.92. The van der Waals surface area contributed by atoms with Gasteiger partial charge in [0.2, 0.25) is 0 Å². The lowest BCUT2D eigenvalue weighted by atomic mass is 10.1. The van der Waals surface area contributed by atoms with Crippen molar-refractivity contribution in [1.82, 2.24) is 0 Å². The number of hydrogen-bond acceptors (Lipinski definition) is 4. The molecule has 0 bridgehead atoms. The molecular formula is C11H13BrN2O3. The highest BCUT2D eigenvalue weighted by Crippen LogP contribution is 2.28. The smallest absolute Gasteiger partial charge is 0.270 e. The van der Waals surface area contributed by atoms with E-state index in [9.17, 15) is 10.1 Å². The van der Waals surface area contributed by atoms with Gasteiger partial charge in [0.25, 0.3) is 5.69 Å². The van der Waals surface area contributed by atoms with Crippen molar-refractivity contribution in [2.24, 2.45) is 0 Å². The maximum atomic E-state index is 10.6. The molecule has 0 spiro atoms. The van der Waals surface area contributed by atoms with Gasteiger partial charge in [-0.05, 0) is 34.8 Å². The van der Waals surface area contributed by atoms with Crippen LogP contribution in [0, 0.1) is 10.1 Å². The number of halogens is 1. The summed E-state index contributed by atoms with van der Waals surface area (Å²) < 4.78 is 6.00. The lowest BCUT2D eigenvalue weighted by Gasteiger charge is -2.24. The average molecular weight is 301 g/mol. The fourth-order valence-electron chi connectivity index (χ4n) is 1.80. The van der Waals surface area contributed by atoms with Gasteiger partial charge in [0.05, 0.1) is 4.92 Å². The van der Waals surface area contributed by atoms with E-state index in [0.717, 1.165) is 36.2 Å². The van der Waals surface area contributed by atoms with Gasteiger partial charge in [-0.1, -0.05) is 0 Å². The van der Waals surface area contributed by atoms with Crippen molar-refractivity contribution in [2.45, 2.75) is 18.9 Å². The SMILES string of the molecule is O=[N+]([O-])c1ccc(NC2CCOCC2)c(Br)c1. The van der Waals surface area contributed by atoms with Crippen molar-refractivity contribution in [3.05, 3.63) is 32.8 Å². The Labute approximate surface area is 107 Å². The summed E-state index contributed by atoms with van der Waals surface area (Å²) in [6.45, 7) is 1.53. The summed E-state index contributed by atoms with van der Waals surface area (Å²) in [5, 5.41) is 14.0. The van der Waals surface area contributed by atoms with Crippen molar-refractivity contribution in [2.75, 3.05) is 18.5 Å². The van der Waals surface area contributed by atoms with Crippen molar-refractivity contribution in [1.29, 1.82) is 0 Å². The molecule has 0 radical (unpaired) electrons. The van der Waals surface area contributed by atoms with E-state index in [-0.39, 0.29) is 5.69 Å². The summed E-state index contributed by atoms with van der Waals surface area (Å²) in [4.78, 5) is 10.2. The van der Waals surface area contributed by atoms with E-state index in [2.05, 4.69) is 21.2 Å². The van der Waals surface area contributed by atoms with E-state index in [4.69, 9.17) is 4.74 Å². The van der Waals surface area contributed by atoms with E-state index >= 15 is 0 Å². The molecule has 2 rings (SSSR count). The second-order valence-electron chi connectivity index (χ2n) is 3.95. The molecule has 1 aliphatic heterocycles. The van der Waals surface area contributed by atoms with Gasteiger partial charge >= 0.3 is 0 Å². The van der Waals surface area contributed by atoms with E-state index in [1.807, 2.05) is 0 Å². The molecule has 0 unspecified atom stereocenters. The number of nitrogens with zero attached hydrogens (tertiary/aromatic N) is 1. The molecule has 1 saturated heterocycles. The Bertz CT molecular complexity index is 419. The number of non-ortho nitro benzene ring substituents is 1. The number of nitrogens with one attached hydrogen (secondary N) is 1. The third-order valence-corrected chi connectivity index (χ3v) is 3.40. The number of nitro benzene ring substituents is 1. The molecule has 6 heteroatoms. The van der Waals surface area contributed by atoms with Crippen LogP contribution in [0.5, 0.6) is 0 Å². The average Bonchev–Trinajstić information content (AvgIpc) is 2.33. The maximum Gasteiger partial charge on any atom is 0.270 e. The zero-order valence-corrected chi connectivity index (χ0v) is 10.8. The first-order valence-electron chi connectivity index (χ1n) is 5.45. The standard InChI is InChI=1S/C11H13BrN2O3/c12-10-7-9(14(15)16)1-2-11(10)13-8-3-5-17-6-4-8/h1-2,7-8,13H,3-6H2. The minimum Gasteiger partial charge on any atom is -0.381 e. The number of ether oxygens (including phenoxy) is 1. The van der Waals surface area contributed by atoms with Crippen LogP contribution in [-0.4, -0.2) is 24.2 Å². The lowest BCUT2D eigenvalue weighted by molar-refractivity contribution is -0.384. The number of hydrogen-bond donors (Lipinski definition) is 1. The minimum atomic E-state index is -0.400. The second-order valence-corrected chi connectivity index (χ2v) is 4.81. The molecule has 0 amide bonds. The Morgan fingerprint density at radius 3 is 2.71 bits per heavy atom. The van der Waals surface area contributed by atoms with Gasteiger partial charge in [-0.15, -0.1) is 0 Å². The first kappa shape index (κ1) is 12.3.